The smallest absolute Gasteiger partial charge is 0.338 e. The fraction of sp³-hybridized carbons (Fsp3) is 0.308. The lowest BCUT2D eigenvalue weighted by Gasteiger charge is -2.10. The van der Waals surface area contributed by atoms with E-state index >= 15 is 0 Å². The van der Waals surface area contributed by atoms with Gasteiger partial charge in [-0.2, -0.15) is 0 Å². The number of aliphatic hydroxyl groups excluding tert-OH is 1. The molecule has 2 aliphatic rings. The van der Waals surface area contributed by atoms with Crippen LogP contribution in [0.15, 0.2) is 30.0 Å². The summed E-state index contributed by atoms with van der Waals surface area (Å²) in [6, 6.07) is 6.10. The Bertz CT molecular complexity index is 502. The number of carbonyl (C=O) groups is 1. The summed E-state index contributed by atoms with van der Waals surface area (Å²) >= 11 is 0. The van der Waals surface area contributed by atoms with E-state index in [1.54, 1.807) is 0 Å². The predicted molar refractivity (Wildman–Crippen MR) is 57.9 cm³/mol. The van der Waals surface area contributed by atoms with Crippen LogP contribution in [0.3, 0.4) is 0 Å². The van der Waals surface area contributed by atoms with Gasteiger partial charge in [-0.15, -0.1) is 0 Å². The molecule has 1 saturated heterocycles. The van der Waals surface area contributed by atoms with Crippen molar-refractivity contribution in [3.05, 3.63) is 46.7 Å². The van der Waals surface area contributed by atoms with Crippen molar-refractivity contribution < 1.29 is 14.6 Å². The molecule has 2 unspecified atom stereocenters. The minimum absolute atomic E-state index is 0.00593. The summed E-state index contributed by atoms with van der Waals surface area (Å²) in [5.74, 6) is -0.389. The van der Waals surface area contributed by atoms with Crippen LogP contribution in [0.4, 0.5) is 0 Å². The van der Waals surface area contributed by atoms with E-state index in [0.29, 0.717) is 5.57 Å². The predicted octanol–water partition coefficient (Wildman–Crippen LogP) is 2.21. The molecule has 3 heteroatoms. The van der Waals surface area contributed by atoms with E-state index in [9.17, 15) is 4.79 Å². The van der Waals surface area contributed by atoms with Gasteiger partial charge in [-0.25, -0.2) is 4.79 Å². The molecule has 0 radical (unpaired) electrons. The minimum atomic E-state index is -0.383. The van der Waals surface area contributed by atoms with Gasteiger partial charge in [-0.3, -0.25) is 0 Å². The second-order valence-corrected chi connectivity index (χ2v) is 4.37. The van der Waals surface area contributed by atoms with Crippen molar-refractivity contribution in [1.29, 1.82) is 0 Å². The monoisotopic (exact) mass is 216 g/mol. The highest BCUT2D eigenvalue weighted by Crippen LogP contribution is 2.48. The molecule has 0 spiro atoms. The van der Waals surface area contributed by atoms with Crippen LogP contribution in [-0.2, 0) is 16.0 Å². The van der Waals surface area contributed by atoms with E-state index in [-0.39, 0.29) is 18.0 Å². The third kappa shape index (κ3) is 1.06. The Balaban J connectivity index is 2.12. The molecule has 82 valence electrons. The van der Waals surface area contributed by atoms with Gasteiger partial charge in [-0.05, 0) is 30.0 Å². The van der Waals surface area contributed by atoms with E-state index < -0.39 is 0 Å². The Labute approximate surface area is 93.4 Å². The molecule has 0 saturated carbocycles. The average molecular weight is 216 g/mol. The van der Waals surface area contributed by atoms with Crippen molar-refractivity contribution in [2.24, 2.45) is 5.92 Å². The molecule has 3 nitrogen and oxygen atoms in total. The number of hydrogen-bond acceptors (Lipinski definition) is 3. The van der Waals surface area contributed by atoms with Crippen molar-refractivity contribution in [2.75, 3.05) is 0 Å². The van der Waals surface area contributed by atoms with Gasteiger partial charge in [-0.1, -0.05) is 18.2 Å². The van der Waals surface area contributed by atoms with Crippen LogP contribution in [0, 0.1) is 12.8 Å². The standard InChI is InChI=1S/C13H12O3/c1-7-3-2-4-8-5-9-10(6-14)13(15)16-12(9)11(7)8/h2-4,6,9,12,14H,5H2,1H3/b10-6+. The summed E-state index contributed by atoms with van der Waals surface area (Å²) in [5.41, 5.74) is 3.90. The molecular formula is C13H12O3. The summed E-state index contributed by atoms with van der Waals surface area (Å²) in [4.78, 5) is 11.5. The Kier molecular flexibility index (Phi) is 1.84. The van der Waals surface area contributed by atoms with E-state index in [1.165, 1.54) is 5.56 Å². The number of carbonyl (C=O) groups excluding carboxylic acids is 1. The van der Waals surface area contributed by atoms with Crippen LogP contribution >= 0.6 is 0 Å². The molecule has 16 heavy (non-hydrogen) atoms. The topological polar surface area (TPSA) is 46.5 Å². The molecule has 1 N–H and O–H groups in total. The summed E-state index contributed by atoms with van der Waals surface area (Å²) < 4.78 is 5.33. The van der Waals surface area contributed by atoms with Crippen LogP contribution in [0.1, 0.15) is 22.8 Å². The first-order chi connectivity index (χ1) is 7.72. The second kappa shape index (κ2) is 3.11. The molecule has 1 heterocycles. The number of aliphatic hydroxyl groups is 1. The molecule has 3 rings (SSSR count). The fourth-order valence-corrected chi connectivity index (χ4v) is 2.77. The molecule has 1 fully saturated rings. The van der Waals surface area contributed by atoms with Gasteiger partial charge in [0.2, 0.25) is 0 Å². The number of hydrogen-bond donors (Lipinski definition) is 1. The molecule has 1 aliphatic heterocycles. The fourth-order valence-electron chi connectivity index (χ4n) is 2.77. The van der Waals surface area contributed by atoms with Crippen molar-refractivity contribution in [2.45, 2.75) is 19.4 Å². The molecular weight excluding hydrogens is 204 g/mol. The zero-order chi connectivity index (χ0) is 11.3. The number of fused-ring (bicyclic) bond motifs is 3. The quantitative estimate of drug-likeness (QED) is 0.411. The van der Waals surface area contributed by atoms with Crippen LogP contribution in [0.2, 0.25) is 0 Å². The average Bonchev–Trinajstić information content (AvgIpc) is 2.72. The van der Waals surface area contributed by atoms with E-state index in [2.05, 4.69) is 6.07 Å². The van der Waals surface area contributed by atoms with Gasteiger partial charge in [0.05, 0.1) is 11.8 Å². The van der Waals surface area contributed by atoms with E-state index in [0.717, 1.165) is 23.8 Å². The molecule has 0 bridgehead atoms. The van der Waals surface area contributed by atoms with Gasteiger partial charge < -0.3 is 9.84 Å². The summed E-state index contributed by atoms with van der Waals surface area (Å²) in [6.45, 7) is 2.02. The van der Waals surface area contributed by atoms with Gasteiger partial charge in [0, 0.05) is 5.92 Å². The Morgan fingerprint density at radius 2 is 2.31 bits per heavy atom. The molecule has 1 aromatic rings. The highest BCUT2D eigenvalue weighted by atomic mass is 16.6. The van der Waals surface area contributed by atoms with Crippen LogP contribution in [0.5, 0.6) is 0 Å². The van der Waals surface area contributed by atoms with Crippen LogP contribution < -0.4 is 0 Å². The lowest BCUT2D eigenvalue weighted by Crippen LogP contribution is -2.03. The molecule has 1 aliphatic carbocycles. The normalized spacial score (nSPS) is 29.1. The van der Waals surface area contributed by atoms with Crippen LogP contribution in [-0.4, -0.2) is 11.1 Å². The number of ether oxygens (including phenoxy) is 1. The zero-order valence-corrected chi connectivity index (χ0v) is 8.93. The number of rotatable bonds is 0. The molecule has 0 aromatic heterocycles. The van der Waals surface area contributed by atoms with E-state index in [1.807, 2.05) is 19.1 Å². The first-order valence-electron chi connectivity index (χ1n) is 5.36. The first-order valence-corrected chi connectivity index (χ1v) is 5.36. The second-order valence-electron chi connectivity index (χ2n) is 4.37. The number of esters is 1. The molecule has 2 atom stereocenters. The lowest BCUT2D eigenvalue weighted by atomic mass is 9.97. The molecule has 1 aromatic carbocycles. The van der Waals surface area contributed by atoms with Gasteiger partial charge >= 0.3 is 5.97 Å². The van der Waals surface area contributed by atoms with Crippen molar-refractivity contribution in [1.82, 2.24) is 0 Å². The number of benzene rings is 1. The van der Waals surface area contributed by atoms with Gasteiger partial charge in [0.25, 0.3) is 0 Å². The highest BCUT2D eigenvalue weighted by Gasteiger charge is 2.46. The van der Waals surface area contributed by atoms with Gasteiger partial charge in [0.1, 0.15) is 6.10 Å². The Morgan fingerprint density at radius 3 is 3.06 bits per heavy atom. The van der Waals surface area contributed by atoms with Crippen molar-refractivity contribution in [3.63, 3.8) is 0 Å². The van der Waals surface area contributed by atoms with E-state index in [4.69, 9.17) is 9.84 Å². The largest absolute Gasteiger partial charge is 0.515 e. The third-order valence-corrected chi connectivity index (χ3v) is 3.51. The maximum absolute atomic E-state index is 11.5. The maximum Gasteiger partial charge on any atom is 0.338 e. The van der Waals surface area contributed by atoms with Gasteiger partial charge in [0.15, 0.2) is 0 Å². The SMILES string of the molecule is Cc1cccc2c1C1OC(=O)/C(=C/O)C1C2. The maximum atomic E-state index is 11.5. The third-order valence-electron chi connectivity index (χ3n) is 3.51. The zero-order valence-electron chi connectivity index (χ0n) is 8.93. The minimum Gasteiger partial charge on any atom is -0.515 e. The molecule has 0 amide bonds. The lowest BCUT2D eigenvalue weighted by molar-refractivity contribution is -0.139. The summed E-state index contributed by atoms with van der Waals surface area (Å²) in [7, 11) is 0. The number of aryl methyl sites for hydroxylation is 1. The first kappa shape index (κ1) is 9.46. The summed E-state index contributed by atoms with van der Waals surface area (Å²) in [6.07, 6.45) is 1.48. The van der Waals surface area contributed by atoms with Crippen molar-refractivity contribution >= 4 is 5.97 Å². The van der Waals surface area contributed by atoms with Crippen molar-refractivity contribution in [3.8, 4) is 0 Å². The highest BCUT2D eigenvalue weighted by molar-refractivity contribution is 5.92. The summed E-state index contributed by atoms with van der Waals surface area (Å²) in [5, 5.41) is 9.07. The van der Waals surface area contributed by atoms with Crippen LogP contribution in [0.25, 0.3) is 0 Å². The Hall–Kier alpha value is -1.77. The Morgan fingerprint density at radius 1 is 1.50 bits per heavy atom.